The maximum atomic E-state index is 8.39. The molecule has 2 aromatic carbocycles. The molecule has 3 rings (SSSR count). The Morgan fingerprint density at radius 2 is 2.00 bits per heavy atom. The number of rotatable bonds is 3. The zero-order valence-electron chi connectivity index (χ0n) is 13.3. The summed E-state index contributed by atoms with van der Waals surface area (Å²) in [5, 5.41) is 21.6. The summed E-state index contributed by atoms with van der Waals surface area (Å²) >= 11 is 1.20. The first-order chi connectivity index (χ1) is 11.5. The topological polar surface area (TPSA) is 101 Å². The number of nitrogens with zero attached hydrogens (tertiary/aromatic N) is 2. The molecule has 4 N–H and O–H groups in total. The molecule has 1 heterocycles. The summed E-state index contributed by atoms with van der Waals surface area (Å²) in [4.78, 5) is 0.167. The fourth-order valence-electron chi connectivity index (χ4n) is 2.29. The maximum absolute atomic E-state index is 8.39. The zero-order chi connectivity index (χ0) is 17.3. The molecule has 0 radical (unpaired) electrons. The van der Waals surface area contributed by atoms with Crippen molar-refractivity contribution in [3.63, 3.8) is 0 Å². The summed E-state index contributed by atoms with van der Waals surface area (Å²) < 4.78 is 6.59. The Morgan fingerprint density at radius 3 is 2.71 bits per heavy atom. The number of anilines is 1. The number of methoxy groups -OCH3 is 1. The molecule has 0 saturated heterocycles. The Labute approximate surface area is 143 Å². The lowest BCUT2D eigenvalue weighted by molar-refractivity contribution is 0.413. The summed E-state index contributed by atoms with van der Waals surface area (Å²) in [6.45, 7) is 1.94. The van der Waals surface area contributed by atoms with Gasteiger partial charge in [0.05, 0.1) is 12.7 Å². The van der Waals surface area contributed by atoms with Crippen LogP contribution < -0.4 is 15.3 Å². The van der Waals surface area contributed by atoms with Gasteiger partial charge in [-0.15, -0.1) is 0 Å². The van der Waals surface area contributed by atoms with Gasteiger partial charge in [-0.05, 0) is 30.7 Å². The fraction of sp³-hybridized carbons (Fsp3) is 0.118. The highest BCUT2D eigenvalue weighted by molar-refractivity contribution is 7.12. The Hall–Kier alpha value is -2.93. The van der Waals surface area contributed by atoms with Crippen molar-refractivity contribution < 1.29 is 4.74 Å². The summed E-state index contributed by atoms with van der Waals surface area (Å²) in [6.07, 6.45) is 0. The van der Waals surface area contributed by atoms with Gasteiger partial charge in [-0.3, -0.25) is 10.8 Å². The second-order valence-electron chi connectivity index (χ2n) is 5.24. The summed E-state index contributed by atoms with van der Waals surface area (Å²) in [6, 6.07) is 12.9. The molecular formula is C17H17N5OS. The van der Waals surface area contributed by atoms with Crippen LogP contribution in [0.15, 0.2) is 42.5 Å². The predicted octanol–water partition coefficient (Wildman–Crippen LogP) is 2.86. The smallest absolute Gasteiger partial charge is 0.206 e. The van der Waals surface area contributed by atoms with E-state index in [-0.39, 0.29) is 10.6 Å². The van der Waals surface area contributed by atoms with Crippen molar-refractivity contribution in [2.24, 2.45) is 0 Å². The van der Waals surface area contributed by atoms with E-state index in [0.29, 0.717) is 22.0 Å². The first kappa shape index (κ1) is 15.9. The standard InChI is InChI=1S/C17H17N5OS/c1-10-7-8-11(9-13(10)18)16-21-22(17(20)24-16)15(19)12-5-3-4-6-14(12)23-2/h3-9,19-20H,18H2,1-2H3. The summed E-state index contributed by atoms with van der Waals surface area (Å²) in [5.74, 6) is 0.670. The number of nitrogen functional groups attached to an aromatic ring is 1. The lowest BCUT2D eigenvalue weighted by Crippen LogP contribution is -2.24. The Balaban J connectivity index is 2.04. The van der Waals surface area contributed by atoms with Crippen LogP contribution in [0, 0.1) is 17.7 Å². The zero-order valence-corrected chi connectivity index (χ0v) is 14.1. The number of para-hydroxylation sites is 1. The van der Waals surface area contributed by atoms with Crippen LogP contribution >= 0.6 is 11.3 Å². The molecule has 0 atom stereocenters. The van der Waals surface area contributed by atoms with Crippen molar-refractivity contribution in [2.75, 3.05) is 12.8 Å². The molecule has 24 heavy (non-hydrogen) atoms. The van der Waals surface area contributed by atoms with Gasteiger partial charge in [-0.25, -0.2) is 0 Å². The highest BCUT2D eigenvalue weighted by atomic mass is 32.1. The van der Waals surface area contributed by atoms with Gasteiger partial charge >= 0.3 is 0 Å². The van der Waals surface area contributed by atoms with Crippen LogP contribution in [-0.2, 0) is 0 Å². The highest BCUT2D eigenvalue weighted by Crippen LogP contribution is 2.24. The first-order valence-corrected chi connectivity index (χ1v) is 8.06. The summed E-state index contributed by atoms with van der Waals surface area (Å²) in [5.41, 5.74) is 9.05. The van der Waals surface area contributed by atoms with Crippen LogP contribution in [-0.4, -0.2) is 22.7 Å². The average molecular weight is 339 g/mol. The van der Waals surface area contributed by atoms with E-state index in [2.05, 4.69) is 5.10 Å². The van der Waals surface area contributed by atoms with Crippen LogP contribution in [0.2, 0.25) is 0 Å². The monoisotopic (exact) mass is 339 g/mol. The number of nitrogens with two attached hydrogens (primary N) is 1. The van der Waals surface area contributed by atoms with E-state index in [1.807, 2.05) is 37.3 Å². The van der Waals surface area contributed by atoms with E-state index in [9.17, 15) is 0 Å². The normalized spacial score (nSPS) is 10.6. The minimum Gasteiger partial charge on any atom is -0.496 e. The van der Waals surface area contributed by atoms with E-state index in [1.54, 1.807) is 19.2 Å². The molecule has 0 spiro atoms. The molecule has 0 bridgehead atoms. The van der Waals surface area contributed by atoms with Gasteiger partial charge in [0, 0.05) is 11.3 Å². The third-order valence-corrected chi connectivity index (χ3v) is 4.55. The second-order valence-corrected chi connectivity index (χ2v) is 6.22. The van der Waals surface area contributed by atoms with Crippen LogP contribution in [0.25, 0.3) is 10.6 Å². The van der Waals surface area contributed by atoms with Crippen molar-refractivity contribution in [1.82, 2.24) is 9.78 Å². The third-order valence-electron chi connectivity index (χ3n) is 3.68. The van der Waals surface area contributed by atoms with Crippen molar-refractivity contribution >= 4 is 22.9 Å². The van der Waals surface area contributed by atoms with E-state index in [4.69, 9.17) is 21.3 Å². The van der Waals surface area contributed by atoms with Crippen LogP contribution in [0.3, 0.4) is 0 Å². The van der Waals surface area contributed by atoms with Crippen LogP contribution in [0.1, 0.15) is 11.1 Å². The van der Waals surface area contributed by atoms with E-state index in [0.717, 1.165) is 11.1 Å². The van der Waals surface area contributed by atoms with Gasteiger partial charge in [0.1, 0.15) is 10.8 Å². The van der Waals surface area contributed by atoms with Crippen molar-refractivity contribution in [3.8, 4) is 16.3 Å². The second kappa shape index (κ2) is 6.29. The molecule has 1 aromatic heterocycles. The van der Waals surface area contributed by atoms with Crippen molar-refractivity contribution in [3.05, 3.63) is 58.4 Å². The fourth-order valence-corrected chi connectivity index (χ4v) is 3.06. The number of hydrogen-bond donors (Lipinski definition) is 3. The number of hydrogen-bond acceptors (Lipinski definition) is 6. The lowest BCUT2D eigenvalue weighted by atomic mass is 10.1. The van der Waals surface area contributed by atoms with Gasteiger partial charge in [0.2, 0.25) is 4.80 Å². The summed E-state index contributed by atoms with van der Waals surface area (Å²) in [7, 11) is 1.56. The molecule has 0 aliphatic carbocycles. The Bertz CT molecular complexity index is 973. The number of aromatic nitrogens is 2. The third kappa shape index (κ3) is 2.81. The molecule has 0 unspecified atom stereocenters. The molecule has 6 nitrogen and oxygen atoms in total. The number of nitrogens with one attached hydrogen (secondary N) is 2. The average Bonchev–Trinajstić information content (AvgIpc) is 2.98. The van der Waals surface area contributed by atoms with Crippen molar-refractivity contribution in [2.45, 2.75) is 6.92 Å². The van der Waals surface area contributed by atoms with Gasteiger partial charge in [0.15, 0.2) is 5.84 Å². The van der Waals surface area contributed by atoms with E-state index < -0.39 is 0 Å². The van der Waals surface area contributed by atoms with Gasteiger partial charge < -0.3 is 10.5 Å². The lowest BCUT2D eigenvalue weighted by Gasteiger charge is -2.08. The van der Waals surface area contributed by atoms with Crippen molar-refractivity contribution in [1.29, 1.82) is 10.8 Å². The molecule has 122 valence electrons. The van der Waals surface area contributed by atoms with Gasteiger partial charge in [-0.2, -0.15) is 9.78 Å². The minimum absolute atomic E-state index is 0.0973. The largest absolute Gasteiger partial charge is 0.496 e. The SMILES string of the molecule is COc1ccccc1C(=N)n1nc(-c2ccc(C)c(N)c2)sc1=N. The molecular weight excluding hydrogens is 322 g/mol. The van der Waals surface area contributed by atoms with Gasteiger partial charge in [-0.1, -0.05) is 35.6 Å². The van der Waals surface area contributed by atoms with Gasteiger partial charge in [0.25, 0.3) is 0 Å². The highest BCUT2D eigenvalue weighted by Gasteiger charge is 2.15. The van der Waals surface area contributed by atoms with Crippen LogP contribution in [0.5, 0.6) is 5.75 Å². The molecule has 0 saturated carbocycles. The Morgan fingerprint density at radius 1 is 1.25 bits per heavy atom. The molecule has 0 aliphatic heterocycles. The van der Waals surface area contributed by atoms with Crippen LogP contribution in [0.4, 0.5) is 5.69 Å². The molecule has 0 fully saturated rings. The Kier molecular flexibility index (Phi) is 4.18. The van der Waals surface area contributed by atoms with E-state index >= 15 is 0 Å². The molecule has 3 aromatic rings. The number of aryl methyl sites for hydroxylation is 1. The molecule has 7 heteroatoms. The molecule has 0 aliphatic rings. The quantitative estimate of drug-likeness (QED) is 0.388. The predicted molar refractivity (Wildman–Crippen MR) is 95.8 cm³/mol. The number of ether oxygens (including phenoxy) is 1. The van der Waals surface area contributed by atoms with E-state index in [1.165, 1.54) is 16.0 Å². The maximum Gasteiger partial charge on any atom is 0.206 e. The minimum atomic E-state index is 0.0973. The molecule has 0 amide bonds. The first-order valence-electron chi connectivity index (χ1n) is 7.25. The number of benzene rings is 2.